The van der Waals surface area contributed by atoms with E-state index in [9.17, 15) is 9.59 Å². The number of carbonyl (C=O) groups is 2. The van der Waals surface area contributed by atoms with Gasteiger partial charge < -0.3 is 10.5 Å². The molecule has 4 nitrogen and oxygen atoms in total. The van der Waals surface area contributed by atoms with E-state index < -0.39 is 5.91 Å². The predicted molar refractivity (Wildman–Crippen MR) is 46.0 cm³/mol. The van der Waals surface area contributed by atoms with E-state index in [4.69, 9.17) is 5.73 Å². The largest absolute Gasteiger partial charge is 0.435 e. The number of nitrogens with two attached hydrogens (primary N) is 1. The molecule has 2 N–H and O–H groups in total. The predicted octanol–water partition coefficient (Wildman–Crippen LogP) is 0.741. The van der Waals surface area contributed by atoms with Crippen LogP contribution in [0.1, 0.15) is 13.8 Å². The van der Waals surface area contributed by atoms with E-state index in [1.807, 2.05) is 0 Å². The molecule has 0 radical (unpaired) electrons. The molecule has 0 aliphatic heterocycles. The number of ether oxygens (including phenoxy) is 1. The molecule has 68 valence electrons. The van der Waals surface area contributed by atoms with Gasteiger partial charge in [-0.15, -0.1) is 0 Å². The van der Waals surface area contributed by atoms with Crippen molar-refractivity contribution in [3.05, 3.63) is 25.0 Å². The summed E-state index contributed by atoms with van der Waals surface area (Å²) in [7, 11) is 0. The van der Waals surface area contributed by atoms with E-state index in [1.165, 1.54) is 6.92 Å². The SMILES string of the molecule is C=C(C)C(N)=O.C=COC(C)=O. The number of esters is 1. The molecule has 12 heavy (non-hydrogen) atoms. The maximum Gasteiger partial charge on any atom is 0.307 e. The molecule has 0 aromatic rings. The number of hydrogen-bond donors (Lipinski definition) is 1. The minimum absolute atomic E-state index is 0.329. The first-order chi connectivity index (χ1) is 5.41. The molecule has 0 spiro atoms. The monoisotopic (exact) mass is 171 g/mol. The van der Waals surface area contributed by atoms with E-state index in [-0.39, 0.29) is 5.97 Å². The summed E-state index contributed by atoms with van der Waals surface area (Å²) in [5.74, 6) is -0.764. The number of hydrogen-bond acceptors (Lipinski definition) is 3. The number of primary amides is 1. The Morgan fingerprint density at radius 2 is 1.75 bits per heavy atom. The van der Waals surface area contributed by atoms with E-state index in [2.05, 4.69) is 17.9 Å². The molecular formula is C8H13NO3. The van der Waals surface area contributed by atoms with Gasteiger partial charge in [0, 0.05) is 12.5 Å². The smallest absolute Gasteiger partial charge is 0.307 e. The van der Waals surface area contributed by atoms with Crippen LogP contribution in [0.5, 0.6) is 0 Å². The van der Waals surface area contributed by atoms with Crippen LogP contribution in [0.15, 0.2) is 25.0 Å². The van der Waals surface area contributed by atoms with Crippen LogP contribution >= 0.6 is 0 Å². The average molecular weight is 171 g/mol. The van der Waals surface area contributed by atoms with Crippen molar-refractivity contribution in [2.45, 2.75) is 13.8 Å². The fourth-order valence-corrected chi connectivity index (χ4v) is 0.117. The van der Waals surface area contributed by atoms with Gasteiger partial charge in [-0.2, -0.15) is 0 Å². The standard InChI is InChI=1S/C4H7NO.C4H6O2/c1-3(2)4(5)6;1-3-6-4(2)5/h1H2,2H3,(H2,5,6);3H,1H2,2H3. The number of carbonyl (C=O) groups excluding carboxylic acids is 2. The first-order valence-electron chi connectivity index (χ1n) is 3.15. The molecule has 0 atom stereocenters. The van der Waals surface area contributed by atoms with Gasteiger partial charge in [-0.3, -0.25) is 9.59 Å². The molecule has 1 amide bonds. The van der Waals surface area contributed by atoms with Gasteiger partial charge >= 0.3 is 5.97 Å². The highest BCUT2D eigenvalue weighted by atomic mass is 16.5. The molecule has 0 unspecified atom stereocenters. The highest BCUT2D eigenvalue weighted by Gasteiger charge is 1.86. The highest BCUT2D eigenvalue weighted by molar-refractivity contribution is 5.90. The minimum Gasteiger partial charge on any atom is -0.435 e. The van der Waals surface area contributed by atoms with Gasteiger partial charge in [0.15, 0.2) is 0 Å². The molecule has 0 rings (SSSR count). The summed E-state index contributed by atoms with van der Waals surface area (Å²) in [6, 6.07) is 0. The average Bonchev–Trinajstić information content (AvgIpc) is 1.87. The van der Waals surface area contributed by atoms with Crippen molar-refractivity contribution < 1.29 is 14.3 Å². The van der Waals surface area contributed by atoms with E-state index in [0.717, 1.165) is 6.26 Å². The molecule has 0 aliphatic rings. The Bertz CT molecular complexity index is 184. The lowest BCUT2D eigenvalue weighted by Gasteiger charge is -1.83. The van der Waals surface area contributed by atoms with Crippen molar-refractivity contribution in [3.63, 3.8) is 0 Å². The van der Waals surface area contributed by atoms with E-state index in [1.54, 1.807) is 6.92 Å². The fraction of sp³-hybridized carbons (Fsp3) is 0.250. The van der Waals surface area contributed by atoms with E-state index >= 15 is 0 Å². The number of amides is 1. The van der Waals surface area contributed by atoms with Crippen LogP contribution in [0.25, 0.3) is 0 Å². The van der Waals surface area contributed by atoms with Gasteiger partial charge in [-0.25, -0.2) is 0 Å². The first-order valence-corrected chi connectivity index (χ1v) is 3.15. The lowest BCUT2D eigenvalue weighted by Crippen LogP contribution is -2.10. The molecular weight excluding hydrogens is 158 g/mol. The summed E-state index contributed by atoms with van der Waals surface area (Å²) in [4.78, 5) is 19.6. The summed E-state index contributed by atoms with van der Waals surface area (Å²) in [6.07, 6.45) is 1.10. The Balaban J connectivity index is 0. The zero-order valence-electron chi connectivity index (χ0n) is 7.29. The van der Waals surface area contributed by atoms with Crippen LogP contribution in [-0.4, -0.2) is 11.9 Å². The van der Waals surface area contributed by atoms with Gasteiger partial charge in [0.05, 0.1) is 6.26 Å². The molecule has 0 bridgehead atoms. The Kier molecular flexibility index (Phi) is 8.18. The molecule has 0 heterocycles. The maximum atomic E-state index is 9.82. The van der Waals surface area contributed by atoms with Crippen LogP contribution in [0.2, 0.25) is 0 Å². The Hall–Kier alpha value is -1.58. The van der Waals surface area contributed by atoms with Crippen molar-refractivity contribution in [2.24, 2.45) is 5.73 Å². The second-order valence-electron chi connectivity index (χ2n) is 1.92. The third-order valence-electron chi connectivity index (χ3n) is 0.670. The highest BCUT2D eigenvalue weighted by Crippen LogP contribution is 1.78. The molecule has 4 heteroatoms. The van der Waals surface area contributed by atoms with Crippen molar-refractivity contribution in [2.75, 3.05) is 0 Å². The molecule has 0 aromatic carbocycles. The lowest BCUT2D eigenvalue weighted by atomic mass is 10.3. The Morgan fingerprint density at radius 3 is 1.75 bits per heavy atom. The molecule has 0 saturated carbocycles. The van der Waals surface area contributed by atoms with Crippen molar-refractivity contribution in [1.82, 2.24) is 0 Å². The second-order valence-corrected chi connectivity index (χ2v) is 1.92. The molecule has 0 aliphatic carbocycles. The van der Waals surface area contributed by atoms with Crippen LogP contribution in [0.3, 0.4) is 0 Å². The minimum atomic E-state index is -0.435. The Labute approximate surface area is 71.7 Å². The third-order valence-corrected chi connectivity index (χ3v) is 0.670. The van der Waals surface area contributed by atoms with Gasteiger partial charge in [-0.05, 0) is 6.92 Å². The van der Waals surface area contributed by atoms with Crippen LogP contribution < -0.4 is 5.73 Å². The van der Waals surface area contributed by atoms with Gasteiger partial charge in [0.25, 0.3) is 0 Å². The summed E-state index contributed by atoms with van der Waals surface area (Å²) in [6.45, 7) is 9.33. The molecule has 0 fully saturated rings. The van der Waals surface area contributed by atoms with Crippen LogP contribution in [0.4, 0.5) is 0 Å². The summed E-state index contributed by atoms with van der Waals surface area (Å²) < 4.78 is 4.17. The van der Waals surface area contributed by atoms with Crippen LogP contribution in [-0.2, 0) is 14.3 Å². The quantitative estimate of drug-likeness (QED) is 0.378. The number of rotatable bonds is 2. The van der Waals surface area contributed by atoms with Gasteiger partial charge in [0.2, 0.25) is 5.91 Å². The molecule has 0 saturated heterocycles. The maximum absolute atomic E-state index is 9.82. The Morgan fingerprint density at radius 1 is 1.42 bits per heavy atom. The fourth-order valence-electron chi connectivity index (χ4n) is 0.117. The molecule has 0 aromatic heterocycles. The zero-order chi connectivity index (χ0) is 10.1. The first kappa shape index (κ1) is 13.0. The third kappa shape index (κ3) is 15.8. The van der Waals surface area contributed by atoms with Crippen molar-refractivity contribution in [1.29, 1.82) is 0 Å². The topological polar surface area (TPSA) is 69.4 Å². The van der Waals surface area contributed by atoms with Gasteiger partial charge in [-0.1, -0.05) is 13.2 Å². The van der Waals surface area contributed by atoms with Crippen molar-refractivity contribution in [3.8, 4) is 0 Å². The summed E-state index contributed by atoms with van der Waals surface area (Å²) >= 11 is 0. The van der Waals surface area contributed by atoms with Gasteiger partial charge in [0.1, 0.15) is 0 Å². The van der Waals surface area contributed by atoms with Crippen molar-refractivity contribution >= 4 is 11.9 Å². The lowest BCUT2D eigenvalue weighted by molar-refractivity contribution is -0.135. The summed E-state index contributed by atoms with van der Waals surface area (Å²) in [5.41, 5.74) is 5.09. The van der Waals surface area contributed by atoms with Crippen LogP contribution in [0, 0.1) is 0 Å². The normalized spacial score (nSPS) is 7.17. The second kappa shape index (κ2) is 7.53. The zero-order valence-corrected chi connectivity index (χ0v) is 7.29. The summed E-state index contributed by atoms with van der Waals surface area (Å²) in [5, 5.41) is 0. The van der Waals surface area contributed by atoms with E-state index in [0.29, 0.717) is 5.57 Å².